The van der Waals surface area contributed by atoms with Crippen molar-refractivity contribution in [2.24, 2.45) is 11.3 Å². The first-order chi connectivity index (χ1) is 12.2. The van der Waals surface area contributed by atoms with Gasteiger partial charge in [0.15, 0.2) is 0 Å². The molecule has 1 atom stereocenters. The molecule has 0 spiro atoms. The van der Waals surface area contributed by atoms with Gasteiger partial charge in [-0.2, -0.15) is 5.10 Å². The number of aromatic nitrogens is 2. The highest BCUT2D eigenvalue weighted by Gasteiger charge is 2.36. The zero-order chi connectivity index (χ0) is 19.1. The lowest BCUT2D eigenvalue weighted by Gasteiger charge is -2.31. The molecule has 1 aromatic heterocycles. The minimum atomic E-state index is -0.615. The van der Waals surface area contributed by atoms with Crippen molar-refractivity contribution in [2.45, 2.75) is 33.7 Å². The van der Waals surface area contributed by atoms with Crippen molar-refractivity contribution in [2.75, 3.05) is 13.7 Å². The van der Waals surface area contributed by atoms with Crippen molar-refractivity contribution in [3.63, 3.8) is 0 Å². The van der Waals surface area contributed by atoms with Crippen LogP contribution in [0.4, 0.5) is 0 Å². The Morgan fingerprint density at radius 3 is 2.81 bits per heavy atom. The van der Waals surface area contributed by atoms with Crippen LogP contribution in [0, 0.1) is 11.3 Å². The first-order valence-corrected chi connectivity index (χ1v) is 8.71. The maximum Gasteiger partial charge on any atom is 0.306 e. The molecule has 26 heavy (non-hydrogen) atoms. The summed E-state index contributed by atoms with van der Waals surface area (Å²) in [6.07, 6.45) is 1.78. The molecular formula is C20H25N3O3. The van der Waals surface area contributed by atoms with Gasteiger partial charge in [-0.25, -0.2) is 0 Å². The number of hydrogen-bond acceptors (Lipinski definition) is 4. The SMILES string of the molecule is C=C1c2ccc3[nH]ncc3c2CN(CC(C)(C)C)C(=O)[C@H]1CC(=O)OC. The Labute approximate surface area is 153 Å². The molecule has 0 unspecified atom stereocenters. The Balaban J connectivity index is 2.12. The fourth-order valence-corrected chi connectivity index (χ4v) is 3.54. The van der Waals surface area contributed by atoms with E-state index in [9.17, 15) is 9.59 Å². The molecule has 1 amide bonds. The molecular weight excluding hydrogens is 330 g/mol. The predicted molar refractivity (Wildman–Crippen MR) is 100 cm³/mol. The van der Waals surface area contributed by atoms with Crippen LogP contribution in [0.15, 0.2) is 24.9 Å². The predicted octanol–water partition coefficient (Wildman–Crippen LogP) is 3.14. The third kappa shape index (κ3) is 3.36. The van der Waals surface area contributed by atoms with Gasteiger partial charge in [-0.1, -0.05) is 33.4 Å². The molecule has 6 nitrogen and oxygen atoms in total. The zero-order valence-corrected chi connectivity index (χ0v) is 15.8. The lowest BCUT2D eigenvalue weighted by atomic mass is 9.88. The van der Waals surface area contributed by atoms with Crippen LogP contribution in [0.5, 0.6) is 0 Å². The molecule has 1 aromatic carbocycles. The van der Waals surface area contributed by atoms with E-state index in [0.29, 0.717) is 18.7 Å². The van der Waals surface area contributed by atoms with Crippen LogP contribution < -0.4 is 0 Å². The van der Waals surface area contributed by atoms with E-state index in [0.717, 1.165) is 22.0 Å². The largest absolute Gasteiger partial charge is 0.469 e. The maximum atomic E-state index is 13.3. The summed E-state index contributed by atoms with van der Waals surface area (Å²) in [6.45, 7) is 11.5. The van der Waals surface area contributed by atoms with Crippen molar-refractivity contribution in [3.05, 3.63) is 36.0 Å². The Kier molecular flexibility index (Phi) is 4.61. The highest BCUT2D eigenvalue weighted by molar-refractivity contribution is 5.99. The van der Waals surface area contributed by atoms with Gasteiger partial charge < -0.3 is 9.64 Å². The summed E-state index contributed by atoms with van der Waals surface area (Å²) in [4.78, 5) is 27.0. The Morgan fingerprint density at radius 2 is 2.15 bits per heavy atom. The van der Waals surface area contributed by atoms with Gasteiger partial charge in [0.05, 0.1) is 31.2 Å². The van der Waals surface area contributed by atoms with Gasteiger partial charge in [0, 0.05) is 18.5 Å². The topological polar surface area (TPSA) is 75.3 Å². The molecule has 2 aromatic rings. The van der Waals surface area contributed by atoms with E-state index in [4.69, 9.17) is 4.74 Å². The van der Waals surface area contributed by atoms with Gasteiger partial charge in [0.2, 0.25) is 5.91 Å². The highest BCUT2D eigenvalue weighted by atomic mass is 16.5. The zero-order valence-electron chi connectivity index (χ0n) is 15.8. The molecule has 2 heterocycles. The average molecular weight is 355 g/mol. The molecule has 3 rings (SSSR count). The molecule has 6 heteroatoms. The van der Waals surface area contributed by atoms with E-state index in [2.05, 4.69) is 37.5 Å². The number of nitrogens with one attached hydrogen (secondary N) is 1. The number of methoxy groups -OCH3 is 1. The molecule has 1 N–H and O–H groups in total. The first-order valence-electron chi connectivity index (χ1n) is 8.71. The van der Waals surface area contributed by atoms with Crippen molar-refractivity contribution in [3.8, 4) is 0 Å². The molecule has 0 radical (unpaired) electrons. The minimum absolute atomic E-state index is 0.00231. The summed E-state index contributed by atoms with van der Waals surface area (Å²) >= 11 is 0. The number of benzene rings is 1. The molecule has 0 fully saturated rings. The quantitative estimate of drug-likeness (QED) is 0.858. The van der Waals surface area contributed by atoms with Gasteiger partial charge in [0.25, 0.3) is 0 Å². The van der Waals surface area contributed by atoms with Gasteiger partial charge in [-0.3, -0.25) is 14.7 Å². The summed E-state index contributed by atoms with van der Waals surface area (Å²) in [5.74, 6) is -1.10. The summed E-state index contributed by atoms with van der Waals surface area (Å²) in [5, 5.41) is 8.09. The second kappa shape index (κ2) is 6.59. The third-order valence-electron chi connectivity index (χ3n) is 4.72. The Morgan fingerprint density at radius 1 is 1.42 bits per heavy atom. The molecule has 1 aliphatic heterocycles. The van der Waals surface area contributed by atoms with Crippen LogP contribution in [0.1, 0.15) is 38.3 Å². The van der Waals surface area contributed by atoms with Crippen LogP contribution >= 0.6 is 0 Å². The van der Waals surface area contributed by atoms with Crippen LogP contribution in [0.2, 0.25) is 0 Å². The lowest BCUT2D eigenvalue weighted by Crippen LogP contribution is -2.40. The second-order valence-electron chi connectivity index (χ2n) is 8.04. The molecule has 1 aliphatic rings. The number of esters is 1. The van der Waals surface area contributed by atoms with Gasteiger partial charge in [-0.05, 0) is 28.2 Å². The van der Waals surface area contributed by atoms with Gasteiger partial charge in [-0.15, -0.1) is 0 Å². The fourth-order valence-electron chi connectivity index (χ4n) is 3.54. The van der Waals surface area contributed by atoms with Crippen LogP contribution in [0.3, 0.4) is 0 Å². The minimum Gasteiger partial charge on any atom is -0.469 e. The van der Waals surface area contributed by atoms with Crippen LogP contribution in [-0.2, 0) is 20.9 Å². The summed E-state index contributed by atoms with van der Waals surface area (Å²) in [6, 6.07) is 3.89. The van der Waals surface area contributed by atoms with E-state index >= 15 is 0 Å². The Hall–Kier alpha value is -2.63. The monoisotopic (exact) mass is 355 g/mol. The average Bonchev–Trinajstić information content (AvgIpc) is 3.02. The number of carbonyl (C=O) groups is 2. The van der Waals surface area contributed by atoms with E-state index in [-0.39, 0.29) is 17.7 Å². The number of rotatable bonds is 3. The summed E-state index contributed by atoms with van der Waals surface area (Å²) < 4.78 is 4.81. The summed E-state index contributed by atoms with van der Waals surface area (Å²) in [7, 11) is 1.34. The van der Waals surface area contributed by atoms with Gasteiger partial charge in [0.1, 0.15) is 0 Å². The fraction of sp³-hybridized carbons (Fsp3) is 0.450. The van der Waals surface area contributed by atoms with E-state index in [1.807, 2.05) is 17.0 Å². The van der Waals surface area contributed by atoms with E-state index < -0.39 is 11.9 Å². The van der Waals surface area contributed by atoms with Crippen molar-refractivity contribution < 1.29 is 14.3 Å². The van der Waals surface area contributed by atoms with Crippen molar-refractivity contribution in [1.29, 1.82) is 0 Å². The number of amides is 1. The van der Waals surface area contributed by atoms with E-state index in [1.54, 1.807) is 6.20 Å². The number of ether oxygens (including phenoxy) is 1. The first kappa shape index (κ1) is 18.2. The number of hydrogen-bond donors (Lipinski definition) is 1. The van der Waals surface area contributed by atoms with Crippen molar-refractivity contribution in [1.82, 2.24) is 15.1 Å². The second-order valence-corrected chi connectivity index (χ2v) is 8.04. The molecule has 0 bridgehead atoms. The maximum absolute atomic E-state index is 13.3. The van der Waals surface area contributed by atoms with Crippen LogP contribution in [0.25, 0.3) is 16.5 Å². The lowest BCUT2D eigenvalue weighted by molar-refractivity contribution is -0.145. The van der Waals surface area contributed by atoms with Gasteiger partial charge >= 0.3 is 5.97 Å². The molecule has 0 saturated heterocycles. The molecule has 138 valence electrons. The molecule has 0 saturated carbocycles. The smallest absolute Gasteiger partial charge is 0.306 e. The highest BCUT2D eigenvalue weighted by Crippen LogP contribution is 2.37. The number of aromatic amines is 1. The number of nitrogens with zero attached hydrogens (tertiary/aromatic N) is 2. The Bertz CT molecular complexity index is 876. The van der Waals surface area contributed by atoms with Crippen molar-refractivity contribution >= 4 is 28.4 Å². The normalized spacial score (nSPS) is 18.0. The van der Waals surface area contributed by atoms with Crippen LogP contribution in [-0.4, -0.2) is 40.6 Å². The standard InChI is InChI=1S/C20H25N3O3/c1-12-13-6-7-17-15(9-21-22-17)16(13)10-23(11-20(2,3)4)19(25)14(12)8-18(24)26-5/h6-7,9,14H,1,8,10-11H2,2-5H3,(H,21,22)/t14-/m0/s1. The number of fused-ring (bicyclic) bond motifs is 3. The number of carbonyl (C=O) groups excluding carboxylic acids is 2. The third-order valence-corrected chi connectivity index (χ3v) is 4.72. The van der Waals surface area contributed by atoms with E-state index in [1.165, 1.54) is 7.11 Å². The summed E-state index contributed by atoms with van der Waals surface area (Å²) in [5.41, 5.74) is 3.45. The molecule has 0 aliphatic carbocycles. The number of H-pyrrole nitrogens is 1.